The highest BCUT2D eigenvalue weighted by Gasteiger charge is 2.24. The number of carbonyl (C=O) groups excluding carboxylic acids is 2. The SMILES string of the molecule is CCOc1ccc2ccccc2c1C=NNC(=O)C(NC(=O)c1ccc(F)cc1)C(C)C. The van der Waals surface area contributed by atoms with E-state index in [1.165, 1.54) is 24.3 Å². The fraction of sp³-hybridized carbons (Fsp3) is 0.240. The second-order valence-corrected chi connectivity index (χ2v) is 7.57. The van der Waals surface area contributed by atoms with Crippen LogP contribution in [0.3, 0.4) is 0 Å². The van der Waals surface area contributed by atoms with Crippen LogP contribution in [0.25, 0.3) is 10.8 Å². The number of halogens is 1. The van der Waals surface area contributed by atoms with E-state index in [1.54, 1.807) is 6.21 Å². The number of hydrogen-bond acceptors (Lipinski definition) is 4. The molecule has 3 aromatic carbocycles. The molecular weight excluding hydrogens is 409 g/mol. The summed E-state index contributed by atoms with van der Waals surface area (Å²) >= 11 is 0. The van der Waals surface area contributed by atoms with Gasteiger partial charge in [0.2, 0.25) is 0 Å². The Kier molecular flexibility index (Phi) is 7.54. The molecule has 0 spiro atoms. The maximum absolute atomic E-state index is 13.1. The Morgan fingerprint density at radius 3 is 2.47 bits per heavy atom. The molecule has 3 rings (SSSR count). The van der Waals surface area contributed by atoms with Gasteiger partial charge >= 0.3 is 0 Å². The molecule has 7 heteroatoms. The van der Waals surface area contributed by atoms with Gasteiger partial charge in [0, 0.05) is 11.1 Å². The molecule has 32 heavy (non-hydrogen) atoms. The first kappa shape index (κ1) is 22.9. The van der Waals surface area contributed by atoms with Crippen LogP contribution in [0.5, 0.6) is 5.75 Å². The van der Waals surface area contributed by atoms with Gasteiger partial charge < -0.3 is 10.1 Å². The molecule has 0 heterocycles. The number of rotatable bonds is 8. The molecule has 0 fully saturated rings. The number of carbonyl (C=O) groups is 2. The fourth-order valence-corrected chi connectivity index (χ4v) is 3.28. The van der Waals surface area contributed by atoms with Crippen LogP contribution in [0.4, 0.5) is 4.39 Å². The number of hydrogen-bond donors (Lipinski definition) is 2. The topological polar surface area (TPSA) is 79.8 Å². The van der Waals surface area contributed by atoms with Crippen LogP contribution in [0.2, 0.25) is 0 Å². The van der Waals surface area contributed by atoms with Crippen LogP contribution in [-0.2, 0) is 4.79 Å². The van der Waals surface area contributed by atoms with E-state index in [2.05, 4.69) is 15.8 Å². The van der Waals surface area contributed by atoms with Crippen LogP contribution in [-0.4, -0.2) is 30.7 Å². The summed E-state index contributed by atoms with van der Waals surface area (Å²) in [6.07, 6.45) is 1.55. The molecule has 0 aliphatic carbocycles. The predicted molar refractivity (Wildman–Crippen MR) is 123 cm³/mol. The highest BCUT2D eigenvalue weighted by molar-refractivity contribution is 6.03. The average Bonchev–Trinajstić information content (AvgIpc) is 2.78. The number of amides is 2. The van der Waals surface area contributed by atoms with Crippen molar-refractivity contribution >= 4 is 28.8 Å². The van der Waals surface area contributed by atoms with Crippen LogP contribution in [0.15, 0.2) is 65.8 Å². The average molecular weight is 435 g/mol. The van der Waals surface area contributed by atoms with Crippen LogP contribution < -0.4 is 15.5 Å². The Bertz CT molecular complexity index is 1130. The fourth-order valence-electron chi connectivity index (χ4n) is 3.28. The minimum absolute atomic E-state index is 0.189. The van der Waals surface area contributed by atoms with Gasteiger partial charge in [-0.05, 0) is 53.9 Å². The summed E-state index contributed by atoms with van der Waals surface area (Å²) in [7, 11) is 0. The molecule has 0 saturated carbocycles. The van der Waals surface area contributed by atoms with E-state index in [0.717, 1.165) is 16.3 Å². The van der Waals surface area contributed by atoms with Gasteiger partial charge in [0.1, 0.15) is 17.6 Å². The zero-order chi connectivity index (χ0) is 23.1. The third-order valence-electron chi connectivity index (χ3n) is 4.94. The van der Waals surface area contributed by atoms with Crippen molar-refractivity contribution in [3.8, 4) is 5.75 Å². The van der Waals surface area contributed by atoms with E-state index in [9.17, 15) is 14.0 Å². The van der Waals surface area contributed by atoms with Crippen LogP contribution >= 0.6 is 0 Å². The van der Waals surface area contributed by atoms with Gasteiger partial charge in [-0.15, -0.1) is 0 Å². The lowest BCUT2D eigenvalue weighted by Crippen LogP contribution is -2.48. The third kappa shape index (κ3) is 5.49. The monoisotopic (exact) mass is 435 g/mol. The Hall–Kier alpha value is -3.74. The number of benzene rings is 3. The summed E-state index contributed by atoms with van der Waals surface area (Å²) in [5, 5.41) is 8.78. The molecule has 0 saturated heterocycles. The van der Waals surface area contributed by atoms with Gasteiger partial charge in [-0.1, -0.05) is 44.2 Å². The van der Waals surface area contributed by atoms with E-state index in [1.807, 2.05) is 57.2 Å². The molecule has 0 bridgehead atoms. The van der Waals surface area contributed by atoms with Crippen molar-refractivity contribution < 1.29 is 18.7 Å². The minimum Gasteiger partial charge on any atom is -0.493 e. The van der Waals surface area contributed by atoms with Gasteiger partial charge in [0.05, 0.1) is 12.8 Å². The van der Waals surface area contributed by atoms with Crippen molar-refractivity contribution in [2.45, 2.75) is 26.8 Å². The Morgan fingerprint density at radius 1 is 1.06 bits per heavy atom. The van der Waals surface area contributed by atoms with E-state index < -0.39 is 23.7 Å². The van der Waals surface area contributed by atoms with Crippen molar-refractivity contribution in [1.29, 1.82) is 0 Å². The standard InChI is InChI=1S/C25H26FN3O3/c1-4-32-22-14-11-17-7-5-6-8-20(17)21(22)15-27-29-25(31)23(16(2)3)28-24(30)18-9-12-19(26)13-10-18/h5-16,23H,4H2,1-3H3,(H,28,30)(H,29,31). The van der Waals surface area contributed by atoms with Crippen molar-refractivity contribution in [3.05, 3.63) is 77.6 Å². The molecule has 2 N–H and O–H groups in total. The van der Waals surface area contributed by atoms with Gasteiger partial charge in [-0.3, -0.25) is 9.59 Å². The first-order chi connectivity index (χ1) is 15.4. The number of nitrogens with one attached hydrogen (secondary N) is 2. The molecule has 0 radical (unpaired) electrons. The molecular formula is C25H26FN3O3. The highest BCUT2D eigenvalue weighted by atomic mass is 19.1. The lowest BCUT2D eigenvalue weighted by atomic mass is 10.0. The lowest BCUT2D eigenvalue weighted by molar-refractivity contribution is -0.123. The summed E-state index contributed by atoms with van der Waals surface area (Å²) in [5.41, 5.74) is 3.53. The molecule has 1 unspecified atom stereocenters. The van der Waals surface area contributed by atoms with E-state index in [0.29, 0.717) is 12.4 Å². The second kappa shape index (κ2) is 10.5. The van der Waals surface area contributed by atoms with E-state index in [4.69, 9.17) is 4.74 Å². The molecule has 0 aliphatic rings. The number of ether oxygens (including phenoxy) is 1. The maximum atomic E-state index is 13.1. The zero-order valence-electron chi connectivity index (χ0n) is 18.3. The first-order valence-electron chi connectivity index (χ1n) is 10.4. The summed E-state index contributed by atoms with van der Waals surface area (Å²) in [6.45, 7) is 6.03. The van der Waals surface area contributed by atoms with Gasteiger partial charge in [0.25, 0.3) is 11.8 Å². The predicted octanol–water partition coefficient (Wildman–Crippen LogP) is 4.28. The maximum Gasteiger partial charge on any atom is 0.262 e. The Morgan fingerprint density at radius 2 is 1.78 bits per heavy atom. The third-order valence-corrected chi connectivity index (χ3v) is 4.94. The number of hydrazone groups is 1. The van der Waals surface area contributed by atoms with Crippen LogP contribution in [0.1, 0.15) is 36.7 Å². The second-order valence-electron chi connectivity index (χ2n) is 7.57. The Labute approximate surface area is 186 Å². The molecule has 1 atom stereocenters. The lowest BCUT2D eigenvalue weighted by Gasteiger charge is -2.20. The zero-order valence-corrected chi connectivity index (χ0v) is 18.3. The molecule has 0 aromatic heterocycles. The summed E-state index contributed by atoms with van der Waals surface area (Å²) < 4.78 is 18.8. The van der Waals surface area contributed by atoms with E-state index >= 15 is 0 Å². The van der Waals surface area contributed by atoms with Gasteiger partial charge in [0.15, 0.2) is 0 Å². The largest absolute Gasteiger partial charge is 0.493 e. The van der Waals surface area contributed by atoms with Crippen molar-refractivity contribution in [1.82, 2.24) is 10.7 Å². The minimum atomic E-state index is -0.816. The van der Waals surface area contributed by atoms with Gasteiger partial charge in [-0.2, -0.15) is 5.10 Å². The number of fused-ring (bicyclic) bond motifs is 1. The molecule has 166 valence electrons. The first-order valence-corrected chi connectivity index (χ1v) is 10.4. The summed E-state index contributed by atoms with van der Waals surface area (Å²) in [6, 6.07) is 16.0. The van der Waals surface area contributed by atoms with Gasteiger partial charge in [-0.25, -0.2) is 9.82 Å². The van der Waals surface area contributed by atoms with Crippen molar-refractivity contribution in [2.75, 3.05) is 6.61 Å². The molecule has 0 aliphatic heterocycles. The summed E-state index contributed by atoms with van der Waals surface area (Å²) in [5.74, 6) is -0.880. The van der Waals surface area contributed by atoms with Crippen LogP contribution in [0, 0.1) is 11.7 Å². The quantitative estimate of drug-likeness (QED) is 0.409. The number of nitrogens with zero attached hydrogens (tertiary/aromatic N) is 1. The molecule has 3 aromatic rings. The molecule has 2 amide bonds. The van der Waals surface area contributed by atoms with Crippen molar-refractivity contribution in [3.63, 3.8) is 0 Å². The summed E-state index contributed by atoms with van der Waals surface area (Å²) in [4.78, 5) is 25.2. The van der Waals surface area contributed by atoms with Crippen molar-refractivity contribution in [2.24, 2.45) is 11.0 Å². The highest BCUT2D eigenvalue weighted by Crippen LogP contribution is 2.26. The molecule has 6 nitrogen and oxygen atoms in total. The smallest absolute Gasteiger partial charge is 0.262 e. The normalized spacial score (nSPS) is 12.2. The Balaban J connectivity index is 1.76. The van der Waals surface area contributed by atoms with E-state index in [-0.39, 0.29) is 11.5 Å².